The lowest BCUT2D eigenvalue weighted by atomic mass is 9.69. The minimum absolute atomic E-state index is 0.0493. The minimum atomic E-state index is -0.889. The van der Waals surface area contributed by atoms with Gasteiger partial charge >= 0.3 is 12.1 Å². The zero-order valence-corrected chi connectivity index (χ0v) is 18.8. The Kier molecular flexibility index (Phi) is 6.00. The molecule has 2 aliphatic carbocycles. The lowest BCUT2D eigenvalue weighted by Crippen LogP contribution is -2.53. The number of fused-ring (bicyclic) bond motifs is 3. The quantitative estimate of drug-likeness (QED) is 0.580. The highest BCUT2D eigenvalue weighted by molar-refractivity contribution is 5.84. The zero-order valence-electron chi connectivity index (χ0n) is 18.8. The number of aliphatic carboxylic acids is 1. The highest BCUT2D eigenvalue weighted by Gasteiger charge is 2.45. The molecule has 5 rings (SSSR count). The predicted molar refractivity (Wildman–Crippen MR) is 123 cm³/mol. The van der Waals surface area contributed by atoms with E-state index < -0.39 is 35.5 Å². The molecule has 0 bridgehead atoms. The Bertz CT molecular complexity index is 1070. The number of rotatable bonds is 7. The summed E-state index contributed by atoms with van der Waals surface area (Å²) >= 11 is 0. The fourth-order valence-electron chi connectivity index (χ4n) is 5.21. The molecule has 3 N–H and O–H groups in total. The summed E-state index contributed by atoms with van der Waals surface area (Å²) in [6.07, 6.45) is 0.952. The number of carboxylic acid groups (broad SMARTS) is 1. The van der Waals surface area contributed by atoms with Crippen LogP contribution in [-0.4, -0.2) is 55.0 Å². The van der Waals surface area contributed by atoms with Crippen LogP contribution in [0.4, 0.5) is 4.79 Å². The van der Waals surface area contributed by atoms with Gasteiger partial charge in [0.1, 0.15) is 6.61 Å². The van der Waals surface area contributed by atoms with Gasteiger partial charge in [0, 0.05) is 19.1 Å². The average molecular weight is 465 g/mol. The lowest BCUT2D eigenvalue weighted by Gasteiger charge is -2.37. The first-order valence-corrected chi connectivity index (χ1v) is 11.7. The Balaban J connectivity index is 1.17. The first-order chi connectivity index (χ1) is 16.5. The van der Waals surface area contributed by atoms with E-state index >= 15 is 0 Å². The molecular formula is C26H28N2O6. The number of benzene rings is 2. The molecule has 1 aliphatic heterocycles. The normalized spacial score (nSPS) is 22.2. The maximum Gasteiger partial charge on any atom is 0.407 e. The van der Waals surface area contributed by atoms with E-state index in [-0.39, 0.29) is 19.1 Å². The van der Waals surface area contributed by atoms with Gasteiger partial charge in [-0.25, -0.2) is 4.79 Å². The standard InChI is InChI=1S/C26H28N2O6/c29-23(27-15-26(24(30)31)11-5-12-26)22-21(10-13-33-22)28-25(32)34-14-20-18-8-3-1-6-16(18)17-7-2-4-9-19(17)20/h1-4,6-9,20-22H,5,10-15H2,(H,27,29)(H,28,32)(H,30,31). The second-order valence-electron chi connectivity index (χ2n) is 9.31. The first-order valence-electron chi connectivity index (χ1n) is 11.7. The third kappa shape index (κ3) is 4.03. The smallest absolute Gasteiger partial charge is 0.407 e. The number of amides is 2. The zero-order chi connectivity index (χ0) is 23.7. The third-order valence-corrected chi connectivity index (χ3v) is 7.36. The van der Waals surface area contributed by atoms with Gasteiger partial charge in [0.15, 0.2) is 6.10 Å². The van der Waals surface area contributed by atoms with Crippen LogP contribution in [0.5, 0.6) is 0 Å². The Morgan fingerprint density at radius 3 is 2.26 bits per heavy atom. The number of hydrogen-bond donors (Lipinski definition) is 3. The minimum Gasteiger partial charge on any atom is -0.481 e. The Labute approximate surface area is 197 Å². The summed E-state index contributed by atoms with van der Waals surface area (Å²) in [5.74, 6) is -1.35. The van der Waals surface area contributed by atoms with Crippen molar-refractivity contribution in [1.82, 2.24) is 10.6 Å². The number of hydrogen-bond acceptors (Lipinski definition) is 5. The van der Waals surface area contributed by atoms with Gasteiger partial charge in [0.05, 0.1) is 11.5 Å². The van der Waals surface area contributed by atoms with Gasteiger partial charge in [-0.15, -0.1) is 0 Å². The van der Waals surface area contributed by atoms with Crippen LogP contribution in [0.1, 0.15) is 42.7 Å². The molecule has 34 heavy (non-hydrogen) atoms. The molecule has 8 nitrogen and oxygen atoms in total. The largest absolute Gasteiger partial charge is 0.481 e. The number of alkyl carbamates (subject to hydrolysis) is 1. The second-order valence-corrected chi connectivity index (χ2v) is 9.31. The van der Waals surface area contributed by atoms with Gasteiger partial charge in [0.25, 0.3) is 5.91 Å². The Morgan fingerprint density at radius 2 is 1.68 bits per heavy atom. The van der Waals surface area contributed by atoms with Crippen LogP contribution in [-0.2, 0) is 19.1 Å². The summed E-state index contributed by atoms with van der Waals surface area (Å²) < 4.78 is 11.1. The van der Waals surface area contributed by atoms with E-state index in [2.05, 4.69) is 34.9 Å². The summed E-state index contributed by atoms with van der Waals surface area (Å²) in [6.45, 7) is 0.584. The Hall–Kier alpha value is -3.39. The van der Waals surface area contributed by atoms with E-state index in [4.69, 9.17) is 9.47 Å². The molecule has 2 amide bonds. The van der Waals surface area contributed by atoms with Crippen molar-refractivity contribution < 1.29 is 29.0 Å². The highest BCUT2D eigenvalue weighted by Crippen LogP contribution is 2.44. The van der Waals surface area contributed by atoms with E-state index in [1.54, 1.807) is 0 Å². The van der Waals surface area contributed by atoms with Gasteiger partial charge in [-0.1, -0.05) is 55.0 Å². The molecule has 2 aromatic rings. The fourth-order valence-corrected chi connectivity index (χ4v) is 5.21. The predicted octanol–water partition coefficient (Wildman–Crippen LogP) is 3.05. The van der Waals surface area contributed by atoms with Crippen LogP contribution < -0.4 is 10.6 Å². The van der Waals surface area contributed by atoms with Gasteiger partial charge in [0.2, 0.25) is 0 Å². The SMILES string of the molecule is O=C(NC1CCOC1C(=O)NCC1(C(=O)O)CCC1)OCC1c2ccccc2-c2ccccc21. The molecule has 8 heteroatoms. The molecule has 2 unspecified atom stereocenters. The number of carboxylic acids is 1. The van der Waals surface area contributed by atoms with E-state index in [0.29, 0.717) is 25.9 Å². The van der Waals surface area contributed by atoms with E-state index in [1.807, 2.05) is 24.3 Å². The topological polar surface area (TPSA) is 114 Å². The van der Waals surface area contributed by atoms with Gasteiger partial charge in [-0.05, 0) is 41.5 Å². The molecule has 1 saturated carbocycles. The van der Waals surface area contributed by atoms with Crippen LogP contribution in [0.15, 0.2) is 48.5 Å². The van der Waals surface area contributed by atoms with Crippen molar-refractivity contribution >= 4 is 18.0 Å². The molecule has 0 aromatic heterocycles. The molecule has 3 aliphatic rings. The molecule has 0 radical (unpaired) electrons. The van der Waals surface area contributed by atoms with Crippen LogP contribution in [0.25, 0.3) is 11.1 Å². The summed E-state index contributed by atoms with van der Waals surface area (Å²) in [6, 6.07) is 15.7. The van der Waals surface area contributed by atoms with E-state index in [0.717, 1.165) is 28.7 Å². The van der Waals surface area contributed by atoms with Gasteiger partial charge in [-0.3, -0.25) is 9.59 Å². The van der Waals surface area contributed by atoms with Crippen LogP contribution in [0, 0.1) is 5.41 Å². The van der Waals surface area contributed by atoms with Crippen molar-refractivity contribution in [3.05, 3.63) is 59.7 Å². The lowest BCUT2D eigenvalue weighted by molar-refractivity contribution is -0.154. The molecule has 2 fully saturated rings. The fraction of sp³-hybridized carbons (Fsp3) is 0.423. The van der Waals surface area contributed by atoms with Crippen molar-refractivity contribution in [3.8, 4) is 11.1 Å². The molecule has 2 atom stereocenters. The highest BCUT2D eigenvalue weighted by atomic mass is 16.6. The monoisotopic (exact) mass is 464 g/mol. The first kappa shape index (κ1) is 22.4. The average Bonchev–Trinajstić information content (AvgIpc) is 3.39. The van der Waals surface area contributed by atoms with Crippen LogP contribution in [0.2, 0.25) is 0 Å². The molecule has 178 valence electrons. The van der Waals surface area contributed by atoms with Crippen LogP contribution >= 0.6 is 0 Å². The number of nitrogens with one attached hydrogen (secondary N) is 2. The summed E-state index contributed by atoms with van der Waals surface area (Å²) in [4.78, 5) is 36.8. The maximum absolute atomic E-state index is 12.7. The van der Waals surface area contributed by atoms with Gasteiger partial charge < -0.3 is 25.2 Å². The van der Waals surface area contributed by atoms with E-state index in [9.17, 15) is 19.5 Å². The Morgan fingerprint density at radius 1 is 1.03 bits per heavy atom. The van der Waals surface area contributed by atoms with Crippen molar-refractivity contribution in [2.45, 2.75) is 43.7 Å². The number of carbonyl (C=O) groups excluding carboxylic acids is 2. The maximum atomic E-state index is 12.7. The summed E-state index contributed by atoms with van der Waals surface area (Å²) in [7, 11) is 0. The van der Waals surface area contributed by atoms with E-state index in [1.165, 1.54) is 0 Å². The third-order valence-electron chi connectivity index (χ3n) is 7.36. The van der Waals surface area contributed by atoms with Crippen molar-refractivity contribution in [1.29, 1.82) is 0 Å². The summed E-state index contributed by atoms with van der Waals surface area (Å²) in [5.41, 5.74) is 3.67. The molecule has 0 spiro atoms. The number of ether oxygens (including phenoxy) is 2. The summed E-state index contributed by atoms with van der Waals surface area (Å²) in [5, 5.41) is 14.9. The van der Waals surface area contributed by atoms with Gasteiger partial charge in [-0.2, -0.15) is 0 Å². The molecule has 1 heterocycles. The number of carbonyl (C=O) groups is 3. The van der Waals surface area contributed by atoms with Crippen molar-refractivity contribution in [3.63, 3.8) is 0 Å². The molecule has 1 saturated heterocycles. The molecule has 2 aromatic carbocycles. The molecular weight excluding hydrogens is 436 g/mol. The second kappa shape index (κ2) is 9.10. The van der Waals surface area contributed by atoms with Crippen molar-refractivity contribution in [2.75, 3.05) is 19.8 Å². The van der Waals surface area contributed by atoms with Crippen LogP contribution in [0.3, 0.4) is 0 Å². The van der Waals surface area contributed by atoms with Crippen molar-refractivity contribution in [2.24, 2.45) is 5.41 Å².